The van der Waals surface area contributed by atoms with Gasteiger partial charge in [0.05, 0.1) is 11.4 Å². The van der Waals surface area contributed by atoms with Crippen molar-refractivity contribution in [3.8, 4) is 11.5 Å². The number of nitrogen functional groups attached to an aromatic ring is 1. The number of rotatable bonds is 7. The number of halogens is 1. The number of hydrogen-bond acceptors (Lipinski definition) is 7. The first kappa shape index (κ1) is 18.9. The second-order valence-electron chi connectivity index (χ2n) is 5.55. The molecule has 1 aromatic heterocycles. The highest BCUT2D eigenvalue weighted by Gasteiger charge is 2.17. The molecule has 0 aliphatic carbocycles. The van der Waals surface area contributed by atoms with Gasteiger partial charge in [-0.2, -0.15) is 4.98 Å². The summed E-state index contributed by atoms with van der Waals surface area (Å²) in [7, 11) is 0. The molecule has 1 aromatic carbocycles. The van der Waals surface area contributed by atoms with Crippen LogP contribution in [0.3, 0.4) is 0 Å². The molecule has 8 nitrogen and oxygen atoms in total. The Bertz CT molecular complexity index is 735. The highest BCUT2D eigenvalue weighted by Crippen LogP contribution is 2.38. The van der Waals surface area contributed by atoms with Crippen molar-refractivity contribution >= 4 is 29.7 Å². The molecular formula is C16H21ClN4O4. The first-order valence-electron chi connectivity index (χ1n) is 7.96. The van der Waals surface area contributed by atoms with Gasteiger partial charge in [-0.1, -0.05) is 12.1 Å². The molecule has 25 heavy (non-hydrogen) atoms. The maximum atomic E-state index is 12.1. The summed E-state index contributed by atoms with van der Waals surface area (Å²) in [5, 5.41) is 6.67. The van der Waals surface area contributed by atoms with E-state index in [1.54, 1.807) is 12.1 Å². The summed E-state index contributed by atoms with van der Waals surface area (Å²) in [5.41, 5.74) is 6.87. The van der Waals surface area contributed by atoms with Gasteiger partial charge in [0.25, 0.3) is 0 Å². The van der Waals surface area contributed by atoms with Crippen LogP contribution in [0.2, 0.25) is 0 Å². The Morgan fingerprint density at radius 1 is 1.28 bits per heavy atom. The Kier molecular flexibility index (Phi) is 6.46. The number of nitrogens with one attached hydrogen (secondary N) is 1. The molecule has 0 saturated heterocycles. The Balaban J connectivity index is 0.00000225. The maximum Gasteiger partial charge on any atom is 0.231 e. The van der Waals surface area contributed by atoms with Crippen LogP contribution in [0.5, 0.6) is 11.5 Å². The highest BCUT2D eigenvalue weighted by molar-refractivity contribution is 5.94. The largest absolute Gasteiger partial charge is 0.454 e. The van der Waals surface area contributed by atoms with Crippen molar-refractivity contribution in [3.63, 3.8) is 0 Å². The number of aromatic nitrogens is 2. The second-order valence-corrected chi connectivity index (χ2v) is 5.55. The van der Waals surface area contributed by atoms with Crippen molar-refractivity contribution in [2.24, 2.45) is 0 Å². The van der Waals surface area contributed by atoms with Crippen molar-refractivity contribution in [2.75, 3.05) is 17.8 Å². The third-order valence-corrected chi connectivity index (χ3v) is 3.60. The SMILES string of the molecule is CCCc1noc(CCCC(=O)Nc2cc3c(cc2N)OCO3)n1.Cl. The van der Waals surface area contributed by atoms with Crippen LogP contribution in [0.15, 0.2) is 16.7 Å². The van der Waals surface area contributed by atoms with E-state index in [-0.39, 0.29) is 25.1 Å². The first-order chi connectivity index (χ1) is 11.7. The van der Waals surface area contributed by atoms with E-state index in [9.17, 15) is 4.79 Å². The topological polar surface area (TPSA) is 113 Å². The third-order valence-electron chi connectivity index (χ3n) is 3.60. The molecule has 3 rings (SSSR count). The van der Waals surface area contributed by atoms with Crippen LogP contribution < -0.4 is 20.5 Å². The van der Waals surface area contributed by atoms with Gasteiger partial charge in [-0.15, -0.1) is 12.4 Å². The Labute approximate surface area is 151 Å². The minimum absolute atomic E-state index is 0. The van der Waals surface area contributed by atoms with Gasteiger partial charge in [-0.3, -0.25) is 4.79 Å². The van der Waals surface area contributed by atoms with E-state index < -0.39 is 0 Å². The van der Waals surface area contributed by atoms with Crippen LogP contribution in [0.4, 0.5) is 11.4 Å². The van der Waals surface area contributed by atoms with Gasteiger partial charge in [0.2, 0.25) is 18.6 Å². The lowest BCUT2D eigenvalue weighted by Gasteiger charge is -2.09. The number of nitrogens with two attached hydrogens (primary N) is 1. The van der Waals surface area contributed by atoms with E-state index in [2.05, 4.69) is 22.4 Å². The number of ether oxygens (including phenoxy) is 2. The van der Waals surface area contributed by atoms with E-state index in [1.807, 2.05) is 0 Å². The van der Waals surface area contributed by atoms with Crippen LogP contribution in [0.1, 0.15) is 37.9 Å². The van der Waals surface area contributed by atoms with E-state index >= 15 is 0 Å². The molecule has 1 aliphatic rings. The molecule has 2 aromatic rings. The van der Waals surface area contributed by atoms with Gasteiger partial charge in [-0.05, 0) is 12.8 Å². The van der Waals surface area contributed by atoms with Crippen molar-refractivity contribution < 1.29 is 18.8 Å². The van der Waals surface area contributed by atoms with Gasteiger partial charge < -0.3 is 25.0 Å². The molecule has 0 bridgehead atoms. The number of benzene rings is 1. The van der Waals surface area contributed by atoms with E-state index in [0.717, 1.165) is 12.8 Å². The molecule has 0 atom stereocenters. The number of carbonyl (C=O) groups excluding carboxylic acids is 1. The lowest BCUT2D eigenvalue weighted by atomic mass is 10.2. The third kappa shape index (κ3) is 4.76. The summed E-state index contributed by atoms with van der Waals surface area (Å²) in [4.78, 5) is 16.3. The summed E-state index contributed by atoms with van der Waals surface area (Å²) in [5.74, 6) is 2.31. The Morgan fingerprint density at radius 3 is 2.80 bits per heavy atom. The molecule has 3 N–H and O–H groups in total. The van der Waals surface area contributed by atoms with Crippen LogP contribution in [0.25, 0.3) is 0 Å². The number of amides is 1. The molecule has 0 saturated carbocycles. The van der Waals surface area contributed by atoms with Crippen LogP contribution in [-0.4, -0.2) is 22.8 Å². The van der Waals surface area contributed by atoms with Gasteiger partial charge in [-0.25, -0.2) is 0 Å². The molecule has 0 unspecified atom stereocenters. The number of nitrogens with zero attached hydrogens (tertiary/aromatic N) is 2. The number of carbonyl (C=O) groups is 1. The Hall–Kier alpha value is -2.48. The lowest BCUT2D eigenvalue weighted by Crippen LogP contribution is -2.13. The smallest absolute Gasteiger partial charge is 0.231 e. The second kappa shape index (κ2) is 8.57. The van der Waals surface area contributed by atoms with E-state index in [0.29, 0.717) is 53.9 Å². The van der Waals surface area contributed by atoms with Crippen molar-refractivity contribution in [2.45, 2.75) is 39.0 Å². The van der Waals surface area contributed by atoms with Gasteiger partial charge in [0, 0.05) is 31.4 Å². The van der Waals surface area contributed by atoms with Crippen molar-refractivity contribution in [3.05, 3.63) is 23.8 Å². The molecular weight excluding hydrogens is 348 g/mol. The quantitative estimate of drug-likeness (QED) is 0.722. The van der Waals surface area contributed by atoms with E-state index in [4.69, 9.17) is 19.7 Å². The molecule has 2 heterocycles. The fourth-order valence-corrected chi connectivity index (χ4v) is 2.40. The van der Waals surface area contributed by atoms with Gasteiger partial charge in [0.15, 0.2) is 17.3 Å². The molecule has 136 valence electrons. The molecule has 0 spiro atoms. The van der Waals surface area contributed by atoms with Crippen LogP contribution >= 0.6 is 12.4 Å². The molecule has 9 heteroatoms. The number of anilines is 2. The number of hydrogen-bond donors (Lipinski definition) is 2. The average Bonchev–Trinajstić information content (AvgIpc) is 3.17. The zero-order valence-electron chi connectivity index (χ0n) is 13.9. The monoisotopic (exact) mass is 368 g/mol. The molecule has 1 amide bonds. The average molecular weight is 369 g/mol. The Morgan fingerprint density at radius 2 is 2.04 bits per heavy atom. The van der Waals surface area contributed by atoms with Crippen molar-refractivity contribution in [1.29, 1.82) is 0 Å². The van der Waals surface area contributed by atoms with Crippen LogP contribution in [-0.2, 0) is 17.6 Å². The molecule has 0 fully saturated rings. The first-order valence-corrected chi connectivity index (χ1v) is 7.96. The summed E-state index contributed by atoms with van der Waals surface area (Å²) >= 11 is 0. The summed E-state index contributed by atoms with van der Waals surface area (Å²) in [6.07, 6.45) is 3.29. The fraction of sp³-hybridized carbons (Fsp3) is 0.438. The predicted molar refractivity (Wildman–Crippen MR) is 94.1 cm³/mol. The normalized spacial score (nSPS) is 11.9. The predicted octanol–water partition coefficient (Wildman–Crippen LogP) is 2.72. The minimum Gasteiger partial charge on any atom is -0.454 e. The summed E-state index contributed by atoms with van der Waals surface area (Å²) in [6, 6.07) is 3.32. The summed E-state index contributed by atoms with van der Waals surface area (Å²) < 4.78 is 15.7. The standard InChI is InChI=1S/C16H20N4O4.ClH/c1-2-4-14-19-16(24-20-14)6-3-5-15(21)18-11-8-13-12(7-10(11)17)22-9-23-13;/h7-8H,2-6,9,17H2,1H3,(H,18,21);1H. The zero-order chi connectivity index (χ0) is 16.9. The number of aryl methyl sites for hydroxylation is 2. The van der Waals surface area contributed by atoms with Gasteiger partial charge in [0.1, 0.15) is 0 Å². The molecule has 0 radical (unpaired) electrons. The van der Waals surface area contributed by atoms with E-state index in [1.165, 1.54) is 0 Å². The molecule has 1 aliphatic heterocycles. The number of fused-ring (bicyclic) bond motifs is 1. The fourth-order valence-electron chi connectivity index (χ4n) is 2.40. The minimum atomic E-state index is -0.131. The summed E-state index contributed by atoms with van der Waals surface area (Å²) in [6.45, 7) is 2.22. The zero-order valence-corrected chi connectivity index (χ0v) is 14.7. The van der Waals surface area contributed by atoms with Gasteiger partial charge >= 0.3 is 0 Å². The maximum absolute atomic E-state index is 12.1. The van der Waals surface area contributed by atoms with Crippen LogP contribution in [0, 0.1) is 0 Å². The lowest BCUT2D eigenvalue weighted by molar-refractivity contribution is -0.116. The highest BCUT2D eigenvalue weighted by atomic mass is 35.5. The van der Waals surface area contributed by atoms with Crippen molar-refractivity contribution in [1.82, 2.24) is 10.1 Å².